The van der Waals surface area contributed by atoms with Gasteiger partial charge in [-0.1, -0.05) is 0 Å². The Morgan fingerprint density at radius 1 is 1.50 bits per heavy atom. The molecule has 1 aromatic carbocycles. The molecule has 0 saturated heterocycles. The first-order valence-corrected chi connectivity index (χ1v) is 4.96. The van der Waals surface area contributed by atoms with Crippen LogP contribution in [0.25, 0.3) is 10.9 Å². The van der Waals surface area contributed by atoms with Crippen molar-refractivity contribution in [3.8, 4) is 5.75 Å². The molecule has 0 atom stereocenters. The maximum absolute atomic E-state index is 11.3. The fraction of sp³-hybridized carbons (Fsp3) is 0.273. The average Bonchev–Trinajstić information content (AvgIpc) is 2.29. The zero-order valence-corrected chi connectivity index (χ0v) is 9.20. The summed E-state index contributed by atoms with van der Waals surface area (Å²) in [5, 5.41) is 3.90. The second kappa shape index (κ2) is 4.32. The number of benzene rings is 1. The van der Waals surface area contributed by atoms with Crippen LogP contribution in [0.3, 0.4) is 0 Å². The van der Waals surface area contributed by atoms with Gasteiger partial charge in [0.25, 0.3) is 0 Å². The highest BCUT2D eigenvalue weighted by Crippen LogP contribution is 2.20. The Labute approximate surface area is 92.5 Å². The molecule has 2 rings (SSSR count). The van der Waals surface area contributed by atoms with Gasteiger partial charge in [-0.25, -0.2) is 4.79 Å². The van der Waals surface area contributed by atoms with Gasteiger partial charge >= 0.3 is 5.69 Å². The van der Waals surface area contributed by atoms with Crippen LogP contribution in [-0.4, -0.2) is 24.1 Å². The van der Waals surface area contributed by atoms with E-state index in [9.17, 15) is 4.79 Å². The first-order chi connectivity index (χ1) is 7.74. The summed E-state index contributed by atoms with van der Waals surface area (Å²) >= 11 is 0. The van der Waals surface area contributed by atoms with Gasteiger partial charge in [0.1, 0.15) is 5.75 Å². The summed E-state index contributed by atoms with van der Waals surface area (Å²) in [6.45, 7) is 0.585. The largest absolute Gasteiger partial charge is 0.497 e. The molecule has 1 aromatic heterocycles. The smallest absolute Gasteiger partial charge is 0.345 e. The van der Waals surface area contributed by atoms with Crippen LogP contribution in [0.1, 0.15) is 5.69 Å². The molecule has 0 aliphatic carbocycles. The molecule has 0 aliphatic rings. The molecule has 2 N–H and O–H groups in total. The fourth-order valence-electron chi connectivity index (χ4n) is 1.63. The first kappa shape index (κ1) is 10.6. The maximum Gasteiger partial charge on any atom is 0.345 e. The van der Waals surface area contributed by atoms with Crippen molar-refractivity contribution in [2.24, 2.45) is 0 Å². The minimum atomic E-state index is -0.331. The lowest BCUT2D eigenvalue weighted by atomic mass is 10.2. The molecule has 0 spiro atoms. The number of nitrogens with zero attached hydrogens (tertiary/aromatic N) is 1. The Bertz CT molecular complexity index is 563. The number of aromatic nitrogens is 2. The number of nitrogens with one attached hydrogen (secondary N) is 2. The third-order valence-electron chi connectivity index (χ3n) is 2.36. The number of ether oxygens (including phenoxy) is 1. The summed E-state index contributed by atoms with van der Waals surface area (Å²) in [5.41, 5.74) is 1.16. The van der Waals surface area contributed by atoms with Crippen molar-refractivity contribution < 1.29 is 4.74 Å². The molecule has 5 nitrogen and oxygen atoms in total. The van der Waals surface area contributed by atoms with E-state index in [1.807, 2.05) is 13.1 Å². The van der Waals surface area contributed by atoms with Gasteiger partial charge in [-0.2, -0.15) is 4.98 Å². The Morgan fingerprint density at radius 3 is 3.00 bits per heavy atom. The third kappa shape index (κ3) is 1.90. The minimum absolute atomic E-state index is 0.331. The summed E-state index contributed by atoms with van der Waals surface area (Å²) < 4.78 is 5.15. The SMILES string of the molecule is CNCc1[nH]c(=O)nc2ccc(OC)cc12. The highest BCUT2D eigenvalue weighted by molar-refractivity contribution is 5.82. The maximum atomic E-state index is 11.3. The van der Waals surface area contributed by atoms with Crippen LogP contribution in [0.5, 0.6) is 5.75 Å². The number of methoxy groups -OCH3 is 1. The van der Waals surface area contributed by atoms with Gasteiger partial charge in [0.15, 0.2) is 0 Å². The molecule has 0 saturated carbocycles. The van der Waals surface area contributed by atoms with Crippen molar-refractivity contribution in [3.05, 3.63) is 34.4 Å². The Kier molecular flexibility index (Phi) is 2.87. The summed E-state index contributed by atoms with van der Waals surface area (Å²) in [6.07, 6.45) is 0. The van der Waals surface area contributed by atoms with Crippen LogP contribution in [0.2, 0.25) is 0 Å². The van der Waals surface area contributed by atoms with Gasteiger partial charge in [0, 0.05) is 17.6 Å². The predicted molar refractivity (Wildman–Crippen MR) is 61.7 cm³/mol. The Hall–Kier alpha value is -1.88. The fourth-order valence-corrected chi connectivity index (χ4v) is 1.63. The quantitative estimate of drug-likeness (QED) is 0.795. The molecule has 0 unspecified atom stereocenters. The van der Waals surface area contributed by atoms with Gasteiger partial charge in [0.2, 0.25) is 0 Å². The number of rotatable bonds is 3. The van der Waals surface area contributed by atoms with Crippen molar-refractivity contribution in [2.75, 3.05) is 14.2 Å². The van der Waals surface area contributed by atoms with E-state index in [0.29, 0.717) is 12.1 Å². The van der Waals surface area contributed by atoms with E-state index in [0.717, 1.165) is 16.8 Å². The van der Waals surface area contributed by atoms with Gasteiger partial charge < -0.3 is 15.0 Å². The first-order valence-electron chi connectivity index (χ1n) is 4.96. The van der Waals surface area contributed by atoms with E-state index in [4.69, 9.17) is 4.74 Å². The number of aromatic amines is 1. The van der Waals surface area contributed by atoms with Gasteiger partial charge in [0.05, 0.1) is 12.6 Å². The minimum Gasteiger partial charge on any atom is -0.497 e. The standard InChI is InChI=1S/C11H13N3O2/c1-12-6-10-8-5-7(16-2)3-4-9(8)13-11(15)14-10/h3-5,12H,6H2,1-2H3,(H,13,14,15). The van der Waals surface area contributed by atoms with Crippen LogP contribution in [0, 0.1) is 0 Å². The lowest BCUT2D eigenvalue weighted by Gasteiger charge is -2.06. The van der Waals surface area contributed by atoms with Gasteiger partial charge in [-0.3, -0.25) is 0 Å². The number of fused-ring (bicyclic) bond motifs is 1. The second-order valence-electron chi connectivity index (χ2n) is 3.43. The van der Waals surface area contributed by atoms with Crippen molar-refractivity contribution in [2.45, 2.75) is 6.54 Å². The highest BCUT2D eigenvalue weighted by Gasteiger charge is 2.05. The van der Waals surface area contributed by atoms with E-state index >= 15 is 0 Å². The van der Waals surface area contributed by atoms with E-state index < -0.39 is 0 Å². The molecule has 2 aromatic rings. The summed E-state index contributed by atoms with van der Waals surface area (Å²) in [6, 6.07) is 5.44. The van der Waals surface area contributed by atoms with Crippen molar-refractivity contribution in [1.29, 1.82) is 0 Å². The number of hydrogen-bond donors (Lipinski definition) is 2. The Balaban J connectivity index is 2.70. The van der Waals surface area contributed by atoms with Crippen LogP contribution < -0.4 is 15.7 Å². The van der Waals surface area contributed by atoms with Crippen LogP contribution in [0.15, 0.2) is 23.0 Å². The topological polar surface area (TPSA) is 67.0 Å². The molecule has 0 fully saturated rings. The third-order valence-corrected chi connectivity index (χ3v) is 2.36. The molecular formula is C11H13N3O2. The molecular weight excluding hydrogens is 206 g/mol. The van der Waals surface area contributed by atoms with Crippen molar-refractivity contribution in [1.82, 2.24) is 15.3 Å². The summed E-state index contributed by atoms with van der Waals surface area (Å²) in [7, 11) is 3.43. The van der Waals surface area contributed by atoms with Gasteiger partial charge in [-0.05, 0) is 25.2 Å². The lowest BCUT2D eigenvalue weighted by molar-refractivity contribution is 0.415. The molecule has 1 heterocycles. The average molecular weight is 219 g/mol. The zero-order valence-electron chi connectivity index (χ0n) is 9.20. The van der Waals surface area contributed by atoms with Gasteiger partial charge in [-0.15, -0.1) is 0 Å². The highest BCUT2D eigenvalue weighted by atomic mass is 16.5. The molecule has 5 heteroatoms. The van der Waals surface area contributed by atoms with Crippen LogP contribution in [0.4, 0.5) is 0 Å². The predicted octanol–water partition coefficient (Wildman–Crippen LogP) is 0.651. The molecule has 0 radical (unpaired) electrons. The van der Waals surface area contributed by atoms with E-state index in [1.54, 1.807) is 19.2 Å². The number of H-pyrrole nitrogens is 1. The van der Waals surface area contributed by atoms with E-state index in [-0.39, 0.29) is 5.69 Å². The molecule has 0 amide bonds. The van der Waals surface area contributed by atoms with Crippen LogP contribution in [-0.2, 0) is 6.54 Å². The summed E-state index contributed by atoms with van der Waals surface area (Å²) in [5.74, 6) is 0.749. The van der Waals surface area contributed by atoms with E-state index in [2.05, 4.69) is 15.3 Å². The lowest BCUT2D eigenvalue weighted by Crippen LogP contribution is -2.17. The molecule has 0 aliphatic heterocycles. The van der Waals surface area contributed by atoms with Crippen LogP contribution >= 0.6 is 0 Å². The van der Waals surface area contributed by atoms with E-state index in [1.165, 1.54) is 0 Å². The monoisotopic (exact) mass is 219 g/mol. The van der Waals surface area contributed by atoms with Crippen molar-refractivity contribution in [3.63, 3.8) is 0 Å². The Morgan fingerprint density at radius 2 is 2.31 bits per heavy atom. The molecule has 16 heavy (non-hydrogen) atoms. The molecule has 84 valence electrons. The van der Waals surface area contributed by atoms with Crippen molar-refractivity contribution >= 4 is 10.9 Å². The number of hydrogen-bond acceptors (Lipinski definition) is 4. The normalized spacial score (nSPS) is 10.6. The second-order valence-corrected chi connectivity index (χ2v) is 3.43. The molecule has 0 bridgehead atoms. The summed E-state index contributed by atoms with van der Waals surface area (Å²) in [4.78, 5) is 17.9. The zero-order chi connectivity index (χ0) is 11.5.